The van der Waals surface area contributed by atoms with Crippen LogP contribution in [0.3, 0.4) is 0 Å². The average Bonchev–Trinajstić information content (AvgIpc) is 3.03. The summed E-state index contributed by atoms with van der Waals surface area (Å²) in [6.07, 6.45) is 0. The van der Waals surface area contributed by atoms with Gasteiger partial charge in [-0.2, -0.15) is 9.36 Å². The molecule has 0 bridgehead atoms. The molecule has 0 fully saturated rings. The lowest BCUT2D eigenvalue weighted by atomic mass is 10.3. The Kier molecular flexibility index (Phi) is 5.82. The molecule has 1 aromatic heterocycles. The highest BCUT2D eigenvalue weighted by molar-refractivity contribution is 8.00. The fourth-order valence-corrected chi connectivity index (χ4v) is 2.99. The topological polar surface area (TPSA) is 124 Å². The first kappa shape index (κ1) is 17.8. The zero-order chi connectivity index (χ0) is 17.7. The maximum Gasteiger partial charge on any atom is 0.377 e. The molecule has 126 valence electrons. The molecular weight excluding hydrogens is 356 g/mol. The van der Waals surface area contributed by atoms with Gasteiger partial charge < -0.3 is 4.74 Å². The highest BCUT2D eigenvalue weighted by Gasteiger charge is 2.19. The molecule has 24 heavy (non-hydrogen) atoms. The smallest absolute Gasteiger partial charge is 0.377 e. The number of hydrogen-bond acceptors (Lipinski definition) is 9. The second-order valence-corrected chi connectivity index (χ2v) is 6.58. The quantitative estimate of drug-likeness (QED) is 0.356. The number of aromatic nitrogens is 2. The average molecular weight is 368 g/mol. The SMILES string of the molecule is COC(=O)c1nsc(NC(=O)C(C)Sc2ccc([N+](=O)[O-])cc2)n1. The van der Waals surface area contributed by atoms with Crippen molar-refractivity contribution in [2.75, 3.05) is 12.4 Å². The number of carbonyl (C=O) groups excluding carboxylic acids is 2. The van der Waals surface area contributed by atoms with Crippen molar-refractivity contribution in [3.63, 3.8) is 0 Å². The number of ether oxygens (including phenoxy) is 1. The Hall–Kier alpha value is -2.53. The minimum Gasteiger partial charge on any atom is -0.463 e. The van der Waals surface area contributed by atoms with Gasteiger partial charge in [0.25, 0.3) is 11.5 Å². The van der Waals surface area contributed by atoms with Gasteiger partial charge in [-0.05, 0) is 19.1 Å². The van der Waals surface area contributed by atoms with Crippen LogP contribution < -0.4 is 5.32 Å². The largest absolute Gasteiger partial charge is 0.463 e. The molecule has 1 heterocycles. The van der Waals surface area contributed by atoms with Crippen LogP contribution in [0.15, 0.2) is 29.2 Å². The normalized spacial score (nSPS) is 11.6. The zero-order valence-electron chi connectivity index (χ0n) is 12.6. The van der Waals surface area contributed by atoms with Crippen molar-refractivity contribution in [1.29, 1.82) is 0 Å². The minimum absolute atomic E-state index is 0.0133. The van der Waals surface area contributed by atoms with E-state index in [4.69, 9.17) is 0 Å². The lowest BCUT2D eigenvalue weighted by Gasteiger charge is -2.09. The van der Waals surface area contributed by atoms with Crippen LogP contribution in [0.5, 0.6) is 0 Å². The number of benzene rings is 1. The van der Waals surface area contributed by atoms with Crippen LogP contribution in [0.4, 0.5) is 10.8 Å². The molecule has 9 nitrogen and oxygen atoms in total. The Morgan fingerprint density at radius 1 is 1.38 bits per heavy atom. The summed E-state index contributed by atoms with van der Waals surface area (Å²) < 4.78 is 8.27. The van der Waals surface area contributed by atoms with Crippen molar-refractivity contribution in [3.05, 3.63) is 40.2 Å². The van der Waals surface area contributed by atoms with Crippen LogP contribution in [0.1, 0.15) is 17.5 Å². The van der Waals surface area contributed by atoms with E-state index in [1.165, 1.54) is 31.0 Å². The first-order valence-electron chi connectivity index (χ1n) is 6.54. The summed E-state index contributed by atoms with van der Waals surface area (Å²) >= 11 is 2.11. The molecule has 0 saturated carbocycles. The molecule has 2 aromatic rings. The Morgan fingerprint density at radius 2 is 2.04 bits per heavy atom. The molecule has 1 amide bonds. The van der Waals surface area contributed by atoms with E-state index in [1.54, 1.807) is 19.1 Å². The van der Waals surface area contributed by atoms with Crippen molar-refractivity contribution >= 4 is 46.0 Å². The van der Waals surface area contributed by atoms with E-state index in [-0.39, 0.29) is 22.6 Å². The Bertz CT molecular complexity index is 762. The summed E-state index contributed by atoms with van der Waals surface area (Å²) in [7, 11) is 1.21. The number of non-ortho nitro benzene ring substituents is 1. The molecule has 1 atom stereocenters. The van der Waals surface area contributed by atoms with Crippen LogP contribution in [-0.4, -0.2) is 38.5 Å². The Balaban J connectivity index is 1.95. The van der Waals surface area contributed by atoms with Gasteiger partial charge in [0.2, 0.25) is 11.0 Å². The Labute approximate surface area is 144 Å². The molecule has 0 saturated heterocycles. The van der Waals surface area contributed by atoms with E-state index >= 15 is 0 Å². The van der Waals surface area contributed by atoms with Gasteiger partial charge in [0.05, 0.1) is 17.3 Å². The molecule has 1 aromatic carbocycles. The number of anilines is 1. The number of thioether (sulfide) groups is 1. The lowest BCUT2D eigenvalue weighted by Crippen LogP contribution is -2.22. The van der Waals surface area contributed by atoms with Gasteiger partial charge >= 0.3 is 5.97 Å². The monoisotopic (exact) mass is 368 g/mol. The minimum atomic E-state index is -0.681. The van der Waals surface area contributed by atoms with E-state index in [9.17, 15) is 19.7 Å². The van der Waals surface area contributed by atoms with Crippen molar-refractivity contribution in [3.8, 4) is 0 Å². The number of carbonyl (C=O) groups is 2. The number of methoxy groups -OCH3 is 1. The van der Waals surface area contributed by atoms with Gasteiger partial charge in [-0.3, -0.25) is 20.2 Å². The predicted octanol–water partition coefficient (Wildman–Crippen LogP) is 2.35. The number of nitro benzene ring substituents is 1. The van der Waals surface area contributed by atoms with Crippen LogP contribution in [0, 0.1) is 10.1 Å². The van der Waals surface area contributed by atoms with E-state index in [0.717, 1.165) is 16.4 Å². The van der Waals surface area contributed by atoms with E-state index in [1.807, 2.05) is 0 Å². The zero-order valence-corrected chi connectivity index (χ0v) is 14.2. The highest BCUT2D eigenvalue weighted by Crippen LogP contribution is 2.26. The van der Waals surface area contributed by atoms with Gasteiger partial charge in [-0.1, -0.05) is 0 Å². The number of esters is 1. The molecule has 0 aliphatic carbocycles. The maximum atomic E-state index is 12.1. The van der Waals surface area contributed by atoms with Crippen molar-refractivity contribution in [2.24, 2.45) is 0 Å². The third-order valence-electron chi connectivity index (χ3n) is 2.75. The van der Waals surface area contributed by atoms with Gasteiger partial charge in [0, 0.05) is 28.6 Å². The standard InChI is InChI=1S/C13H12N4O5S2/c1-7(23-9-5-3-8(4-6-9)17(20)21)11(18)15-13-14-10(16-24-13)12(19)22-2/h3-7H,1-2H3,(H,14,15,16,18). The second-order valence-electron chi connectivity index (χ2n) is 4.42. The number of nitrogens with one attached hydrogen (secondary N) is 1. The first-order chi connectivity index (χ1) is 11.4. The molecule has 11 heteroatoms. The second kappa shape index (κ2) is 7.84. The fourth-order valence-electron chi connectivity index (χ4n) is 1.56. The van der Waals surface area contributed by atoms with Gasteiger partial charge in [-0.25, -0.2) is 4.79 Å². The number of nitro groups is 1. The molecule has 1 unspecified atom stereocenters. The lowest BCUT2D eigenvalue weighted by molar-refractivity contribution is -0.384. The van der Waals surface area contributed by atoms with Gasteiger partial charge in [0.1, 0.15) is 0 Å². The molecule has 0 radical (unpaired) electrons. The molecule has 0 spiro atoms. The van der Waals surface area contributed by atoms with Crippen LogP contribution in [0.2, 0.25) is 0 Å². The summed E-state index contributed by atoms with van der Waals surface area (Å²) in [5, 5.41) is 12.9. The third-order valence-corrected chi connectivity index (χ3v) is 4.50. The van der Waals surface area contributed by atoms with Crippen molar-refractivity contribution < 1.29 is 19.2 Å². The third kappa shape index (κ3) is 4.49. The van der Waals surface area contributed by atoms with Crippen LogP contribution >= 0.6 is 23.3 Å². The van der Waals surface area contributed by atoms with Gasteiger partial charge in [-0.15, -0.1) is 11.8 Å². The van der Waals surface area contributed by atoms with Gasteiger partial charge in [0.15, 0.2) is 0 Å². The highest BCUT2D eigenvalue weighted by atomic mass is 32.2. The number of nitrogens with zero attached hydrogens (tertiary/aromatic N) is 3. The van der Waals surface area contributed by atoms with E-state index in [0.29, 0.717) is 0 Å². The molecule has 0 aliphatic heterocycles. The maximum absolute atomic E-state index is 12.1. The van der Waals surface area contributed by atoms with E-state index < -0.39 is 16.1 Å². The fraction of sp³-hybridized carbons (Fsp3) is 0.231. The molecule has 1 N–H and O–H groups in total. The van der Waals surface area contributed by atoms with E-state index in [2.05, 4.69) is 19.4 Å². The van der Waals surface area contributed by atoms with Crippen LogP contribution in [-0.2, 0) is 9.53 Å². The summed E-state index contributed by atoms with van der Waals surface area (Å²) in [6, 6.07) is 5.90. The molecular formula is C13H12N4O5S2. The summed E-state index contributed by atoms with van der Waals surface area (Å²) in [5.74, 6) is -1.13. The number of hydrogen-bond donors (Lipinski definition) is 1. The predicted molar refractivity (Wildman–Crippen MR) is 88.3 cm³/mol. The number of amides is 1. The number of rotatable bonds is 6. The molecule has 2 rings (SSSR count). The van der Waals surface area contributed by atoms with Crippen LogP contribution in [0.25, 0.3) is 0 Å². The summed E-state index contributed by atoms with van der Waals surface area (Å²) in [4.78, 5) is 38.1. The van der Waals surface area contributed by atoms with Crippen molar-refractivity contribution in [1.82, 2.24) is 9.36 Å². The first-order valence-corrected chi connectivity index (χ1v) is 8.20. The van der Waals surface area contributed by atoms with Crippen molar-refractivity contribution in [2.45, 2.75) is 17.1 Å². The molecule has 0 aliphatic rings. The summed E-state index contributed by atoms with van der Waals surface area (Å²) in [6.45, 7) is 1.68. The summed E-state index contributed by atoms with van der Waals surface area (Å²) in [5.41, 5.74) is -0.0133. The Morgan fingerprint density at radius 3 is 2.62 bits per heavy atom.